The van der Waals surface area contributed by atoms with Gasteiger partial charge in [0.25, 0.3) is 0 Å². The molecule has 0 amide bonds. The summed E-state index contributed by atoms with van der Waals surface area (Å²) in [5.74, 6) is 0.942. The maximum atomic E-state index is 11.8. The molecule has 0 aromatic heterocycles. The first kappa shape index (κ1) is 12.4. The van der Waals surface area contributed by atoms with E-state index in [-0.39, 0.29) is 11.9 Å². The van der Waals surface area contributed by atoms with Gasteiger partial charge in [-0.25, -0.2) is 0 Å². The lowest BCUT2D eigenvalue weighted by molar-refractivity contribution is -0.147. The van der Waals surface area contributed by atoms with Gasteiger partial charge in [-0.15, -0.1) is 0 Å². The first-order valence-corrected chi connectivity index (χ1v) is 7.31. The van der Waals surface area contributed by atoms with Crippen molar-refractivity contribution in [3.8, 4) is 0 Å². The van der Waals surface area contributed by atoms with Gasteiger partial charge < -0.3 is 10.1 Å². The van der Waals surface area contributed by atoms with Crippen molar-refractivity contribution in [2.75, 3.05) is 26.7 Å². The number of nitrogens with one attached hydrogen (secondary N) is 1. The van der Waals surface area contributed by atoms with E-state index in [0.717, 1.165) is 38.0 Å². The highest BCUT2D eigenvalue weighted by Crippen LogP contribution is 2.32. The predicted molar refractivity (Wildman–Crippen MR) is 69.2 cm³/mol. The maximum absolute atomic E-state index is 11.8. The molecule has 0 radical (unpaired) electrons. The molecule has 0 aromatic rings. The van der Waals surface area contributed by atoms with Gasteiger partial charge in [0.2, 0.25) is 0 Å². The fourth-order valence-corrected chi connectivity index (χ4v) is 3.01. The molecule has 1 N–H and O–H groups in total. The monoisotopic (exact) mass is 252 g/mol. The van der Waals surface area contributed by atoms with Crippen molar-refractivity contribution in [2.24, 2.45) is 11.8 Å². The van der Waals surface area contributed by atoms with Gasteiger partial charge in [0.1, 0.15) is 0 Å². The van der Waals surface area contributed by atoms with E-state index in [4.69, 9.17) is 4.74 Å². The van der Waals surface area contributed by atoms with Crippen molar-refractivity contribution in [2.45, 2.75) is 44.2 Å². The Bertz CT molecular complexity index is 313. The number of nitrogens with zero attached hydrogens (tertiary/aromatic N) is 1. The molecule has 3 rings (SSSR count). The number of piperidine rings is 1. The van der Waals surface area contributed by atoms with Crippen molar-refractivity contribution in [3.05, 3.63) is 0 Å². The van der Waals surface area contributed by atoms with E-state index in [1.165, 1.54) is 32.8 Å². The van der Waals surface area contributed by atoms with E-state index >= 15 is 0 Å². The van der Waals surface area contributed by atoms with Gasteiger partial charge in [0.15, 0.2) is 0 Å². The Balaban J connectivity index is 1.56. The molecule has 3 fully saturated rings. The summed E-state index contributed by atoms with van der Waals surface area (Å²) in [6, 6.07) is 1.21. The predicted octanol–water partition coefficient (Wildman–Crippen LogP) is 1.01. The second kappa shape index (κ2) is 5.17. The third kappa shape index (κ3) is 3.04. The third-order valence-corrected chi connectivity index (χ3v) is 4.47. The van der Waals surface area contributed by atoms with Gasteiger partial charge in [0, 0.05) is 25.2 Å². The number of carbonyl (C=O) groups excluding carboxylic acids is 1. The second-order valence-corrected chi connectivity index (χ2v) is 6.19. The number of hydrogen-bond donors (Lipinski definition) is 1. The number of carbonyl (C=O) groups is 1. The molecule has 2 aliphatic carbocycles. The summed E-state index contributed by atoms with van der Waals surface area (Å²) in [6.45, 7) is 3.15. The van der Waals surface area contributed by atoms with Gasteiger partial charge >= 0.3 is 5.97 Å². The minimum Gasteiger partial charge on any atom is -0.469 e. The lowest BCUT2D eigenvalue weighted by Gasteiger charge is -2.37. The lowest BCUT2D eigenvalue weighted by Crippen LogP contribution is -2.52. The molecule has 1 heterocycles. The van der Waals surface area contributed by atoms with E-state index in [9.17, 15) is 4.79 Å². The first-order chi connectivity index (χ1) is 8.76. The summed E-state index contributed by atoms with van der Waals surface area (Å²) >= 11 is 0. The van der Waals surface area contributed by atoms with Crippen molar-refractivity contribution >= 4 is 5.97 Å². The zero-order chi connectivity index (χ0) is 12.5. The smallest absolute Gasteiger partial charge is 0.310 e. The Morgan fingerprint density at radius 2 is 2.06 bits per heavy atom. The van der Waals surface area contributed by atoms with Crippen LogP contribution in [0, 0.1) is 11.8 Å². The number of likely N-dealkylation sites (tertiary alicyclic amines) is 1. The van der Waals surface area contributed by atoms with Crippen LogP contribution in [0.3, 0.4) is 0 Å². The van der Waals surface area contributed by atoms with E-state index in [0.29, 0.717) is 6.04 Å². The van der Waals surface area contributed by atoms with Crippen LogP contribution in [-0.4, -0.2) is 49.7 Å². The van der Waals surface area contributed by atoms with Crippen LogP contribution in [0.5, 0.6) is 0 Å². The van der Waals surface area contributed by atoms with Crippen LogP contribution in [-0.2, 0) is 9.53 Å². The third-order valence-electron chi connectivity index (χ3n) is 4.47. The average molecular weight is 252 g/mol. The second-order valence-electron chi connectivity index (χ2n) is 6.19. The van der Waals surface area contributed by atoms with Crippen LogP contribution in [0.1, 0.15) is 32.1 Å². The highest BCUT2D eigenvalue weighted by atomic mass is 16.5. The van der Waals surface area contributed by atoms with Crippen molar-refractivity contribution in [3.63, 3.8) is 0 Å². The van der Waals surface area contributed by atoms with Crippen molar-refractivity contribution < 1.29 is 9.53 Å². The van der Waals surface area contributed by atoms with Crippen molar-refractivity contribution in [1.82, 2.24) is 10.2 Å². The number of esters is 1. The molecule has 2 atom stereocenters. The van der Waals surface area contributed by atoms with E-state index in [2.05, 4.69) is 10.2 Å². The van der Waals surface area contributed by atoms with Gasteiger partial charge in [-0.2, -0.15) is 0 Å². The van der Waals surface area contributed by atoms with Crippen LogP contribution in [0.15, 0.2) is 0 Å². The van der Waals surface area contributed by atoms with Crippen LogP contribution in [0.2, 0.25) is 0 Å². The number of rotatable bonds is 5. The van der Waals surface area contributed by atoms with Crippen LogP contribution in [0.4, 0.5) is 0 Å². The molecule has 2 saturated carbocycles. The van der Waals surface area contributed by atoms with E-state index < -0.39 is 0 Å². The average Bonchev–Trinajstić information content (AvgIpc) is 3.28. The summed E-state index contributed by atoms with van der Waals surface area (Å²) < 4.78 is 4.93. The fourth-order valence-electron chi connectivity index (χ4n) is 3.01. The Hall–Kier alpha value is -0.610. The van der Waals surface area contributed by atoms with Crippen LogP contribution < -0.4 is 5.32 Å². The van der Waals surface area contributed by atoms with Crippen LogP contribution >= 0.6 is 0 Å². The number of hydrogen-bond acceptors (Lipinski definition) is 4. The van der Waals surface area contributed by atoms with Gasteiger partial charge in [-0.1, -0.05) is 0 Å². The molecular formula is C14H24N2O2. The Morgan fingerprint density at radius 1 is 1.28 bits per heavy atom. The highest BCUT2D eigenvalue weighted by molar-refractivity contribution is 5.72. The zero-order valence-electron chi connectivity index (χ0n) is 11.2. The topological polar surface area (TPSA) is 41.6 Å². The molecule has 1 aliphatic heterocycles. The summed E-state index contributed by atoms with van der Waals surface area (Å²) in [5.41, 5.74) is 0. The first-order valence-electron chi connectivity index (χ1n) is 7.31. The standard InChI is InChI=1S/C14H24N2O2/c1-18-14(17)11-6-12(15-7-10-2-3-10)9-16(8-11)13-4-5-13/h10-13,15H,2-9H2,1H3. The zero-order valence-corrected chi connectivity index (χ0v) is 11.2. The fraction of sp³-hybridized carbons (Fsp3) is 0.929. The van der Waals surface area contributed by atoms with Crippen LogP contribution in [0.25, 0.3) is 0 Å². The van der Waals surface area contributed by atoms with Gasteiger partial charge in [-0.3, -0.25) is 9.69 Å². The normalized spacial score (nSPS) is 33.4. The molecule has 4 nitrogen and oxygen atoms in total. The number of ether oxygens (including phenoxy) is 1. The minimum atomic E-state index is -0.0291. The minimum absolute atomic E-state index is 0.0291. The summed E-state index contributed by atoms with van der Waals surface area (Å²) in [4.78, 5) is 14.3. The highest BCUT2D eigenvalue weighted by Gasteiger charge is 2.39. The number of methoxy groups -OCH3 is 1. The maximum Gasteiger partial charge on any atom is 0.310 e. The summed E-state index contributed by atoms with van der Waals surface area (Å²) in [5, 5.41) is 3.66. The molecule has 3 aliphatic rings. The lowest BCUT2D eigenvalue weighted by atomic mass is 9.94. The van der Waals surface area contributed by atoms with Crippen molar-refractivity contribution in [1.29, 1.82) is 0 Å². The Labute approximate surface area is 109 Å². The summed E-state index contributed by atoms with van der Waals surface area (Å²) in [7, 11) is 1.50. The van der Waals surface area contributed by atoms with Gasteiger partial charge in [-0.05, 0) is 44.6 Å². The van der Waals surface area contributed by atoms with E-state index in [1.807, 2.05) is 0 Å². The molecule has 0 bridgehead atoms. The molecule has 0 aromatic carbocycles. The molecule has 1 saturated heterocycles. The van der Waals surface area contributed by atoms with Gasteiger partial charge in [0.05, 0.1) is 13.0 Å². The summed E-state index contributed by atoms with van der Waals surface area (Å²) in [6.07, 6.45) is 6.33. The molecule has 4 heteroatoms. The largest absolute Gasteiger partial charge is 0.469 e. The Kier molecular flexibility index (Phi) is 3.57. The Morgan fingerprint density at radius 3 is 2.67 bits per heavy atom. The molecule has 2 unspecified atom stereocenters. The molecular weight excluding hydrogens is 228 g/mol. The molecule has 0 spiro atoms. The molecule has 18 heavy (non-hydrogen) atoms. The van der Waals surface area contributed by atoms with E-state index in [1.54, 1.807) is 0 Å². The quantitative estimate of drug-likeness (QED) is 0.742. The molecule has 102 valence electrons. The SMILES string of the molecule is COC(=O)C1CC(NCC2CC2)CN(C2CC2)C1.